The van der Waals surface area contributed by atoms with Crippen molar-refractivity contribution in [3.63, 3.8) is 0 Å². The molecule has 1 rings (SSSR count). The van der Waals surface area contributed by atoms with Gasteiger partial charge in [0.2, 0.25) is 0 Å². The Labute approximate surface area is 97.4 Å². The minimum absolute atomic E-state index is 0.00236. The topological polar surface area (TPSA) is 53.9 Å². The highest BCUT2D eigenvalue weighted by atomic mass is 16.7. The zero-order valence-corrected chi connectivity index (χ0v) is 10.6. The van der Waals surface area contributed by atoms with Gasteiger partial charge >= 0.3 is 0 Å². The van der Waals surface area contributed by atoms with Crippen LogP contribution in [0.15, 0.2) is 17.3 Å². The zero-order valence-electron chi connectivity index (χ0n) is 10.6. The molecule has 16 heavy (non-hydrogen) atoms. The number of oxime groups is 1. The summed E-state index contributed by atoms with van der Waals surface area (Å²) >= 11 is 0. The molecule has 0 spiro atoms. The molecule has 0 aliphatic carbocycles. The van der Waals surface area contributed by atoms with Gasteiger partial charge in [-0.3, -0.25) is 0 Å². The van der Waals surface area contributed by atoms with Crippen molar-refractivity contribution in [2.45, 2.75) is 51.9 Å². The summed E-state index contributed by atoms with van der Waals surface area (Å²) in [7, 11) is 0. The number of nitrogens with zero attached hydrogens (tertiary/aromatic N) is 1. The highest BCUT2D eigenvalue weighted by Crippen LogP contribution is 2.17. The lowest BCUT2D eigenvalue weighted by Gasteiger charge is -2.24. The van der Waals surface area contributed by atoms with Crippen molar-refractivity contribution < 1.29 is 9.94 Å². The van der Waals surface area contributed by atoms with E-state index < -0.39 is 6.10 Å². The molecular formula is C12H22N2O2. The van der Waals surface area contributed by atoms with Crippen LogP contribution in [0.3, 0.4) is 0 Å². The van der Waals surface area contributed by atoms with E-state index in [0.717, 1.165) is 11.3 Å². The smallest absolute Gasteiger partial charge is 0.160 e. The largest absolute Gasteiger partial charge is 0.389 e. The Bertz CT molecular complexity index is 292. The van der Waals surface area contributed by atoms with Gasteiger partial charge in [-0.2, -0.15) is 0 Å². The number of rotatable bonds is 4. The molecular weight excluding hydrogens is 204 g/mol. The molecule has 0 saturated heterocycles. The fraction of sp³-hybridized carbons (Fsp3) is 0.750. The maximum absolute atomic E-state index is 9.92. The third-order valence-corrected chi connectivity index (χ3v) is 2.46. The van der Waals surface area contributed by atoms with Crippen molar-refractivity contribution in [1.29, 1.82) is 0 Å². The molecule has 1 aliphatic heterocycles. The van der Waals surface area contributed by atoms with Gasteiger partial charge in [-0.05, 0) is 33.3 Å². The van der Waals surface area contributed by atoms with Crippen LogP contribution in [-0.4, -0.2) is 35.1 Å². The minimum atomic E-state index is -0.542. The van der Waals surface area contributed by atoms with Crippen molar-refractivity contribution in [3.05, 3.63) is 12.2 Å². The highest BCUT2D eigenvalue weighted by molar-refractivity contribution is 5.99. The molecule has 4 heteroatoms. The first-order valence-corrected chi connectivity index (χ1v) is 5.61. The van der Waals surface area contributed by atoms with Crippen LogP contribution in [0.5, 0.6) is 0 Å². The van der Waals surface area contributed by atoms with Crippen LogP contribution >= 0.6 is 0 Å². The van der Waals surface area contributed by atoms with Gasteiger partial charge in [0.25, 0.3) is 0 Å². The van der Waals surface area contributed by atoms with E-state index in [-0.39, 0.29) is 11.6 Å². The monoisotopic (exact) mass is 226 g/mol. The van der Waals surface area contributed by atoms with Gasteiger partial charge in [0.1, 0.15) is 6.10 Å². The molecule has 0 fully saturated rings. The second-order valence-corrected chi connectivity index (χ2v) is 5.36. The Balaban J connectivity index is 2.36. The van der Waals surface area contributed by atoms with E-state index in [9.17, 15) is 5.11 Å². The molecule has 0 amide bonds. The highest BCUT2D eigenvalue weighted by Gasteiger charge is 2.29. The Hall–Kier alpha value is -0.870. The number of allylic oxidation sites excluding steroid dienone is 1. The Morgan fingerprint density at radius 1 is 1.69 bits per heavy atom. The van der Waals surface area contributed by atoms with E-state index in [1.165, 1.54) is 0 Å². The lowest BCUT2D eigenvalue weighted by molar-refractivity contribution is -0.0181. The summed E-state index contributed by atoms with van der Waals surface area (Å²) in [6.45, 7) is 12.4. The van der Waals surface area contributed by atoms with Gasteiger partial charge in [0.15, 0.2) is 6.10 Å². The van der Waals surface area contributed by atoms with Gasteiger partial charge in [-0.1, -0.05) is 11.7 Å². The van der Waals surface area contributed by atoms with E-state index in [2.05, 4.69) is 37.8 Å². The van der Waals surface area contributed by atoms with Crippen LogP contribution in [0.4, 0.5) is 0 Å². The van der Waals surface area contributed by atoms with E-state index >= 15 is 0 Å². The van der Waals surface area contributed by atoms with Gasteiger partial charge in [0.05, 0.1) is 5.71 Å². The first-order chi connectivity index (χ1) is 7.29. The summed E-state index contributed by atoms with van der Waals surface area (Å²) in [5.41, 5.74) is 1.75. The van der Waals surface area contributed by atoms with Crippen LogP contribution in [0.25, 0.3) is 0 Å². The van der Waals surface area contributed by atoms with E-state index in [1.54, 1.807) is 0 Å². The maximum atomic E-state index is 9.92. The standard InChI is InChI=1S/C12H22N2O2/c1-8(2)9-6-11(16-14-9)10(15)7-13-12(3,4)5/h10-11,13,15H,1,6-7H2,2-5H3/t10-,11-/m1/s1. The summed E-state index contributed by atoms with van der Waals surface area (Å²) in [6.07, 6.45) is -0.149. The van der Waals surface area contributed by atoms with Crippen molar-refractivity contribution in [2.75, 3.05) is 6.54 Å². The molecule has 0 unspecified atom stereocenters. The molecule has 1 aliphatic rings. The fourth-order valence-corrected chi connectivity index (χ4v) is 1.40. The van der Waals surface area contributed by atoms with E-state index in [4.69, 9.17) is 4.84 Å². The average molecular weight is 226 g/mol. The molecule has 2 atom stereocenters. The lowest BCUT2D eigenvalue weighted by atomic mass is 10.0. The second kappa shape index (κ2) is 4.97. The third-order valence-electron chi connectivity index (χ3n) is 2.46. The molecule has 2 N–H and O–H groups in total. The van der Waals surface area contributed by atoms with Gasteiger partial charge in [0, 0.05) is 18.5 Å². The number of hydrogen-bond donors (Lipinski definition) is 2. The molecule has 0 bridgehead atoms. The molecule has 1 heterocycles. The van der Waals surface area contributed by atoms with Gasteiger partial charge < -0.3 is 15.3 Å². The van der Waals surface area contributed by atoms with Crippen LogP contribution in [0.2, 0.25) is 0 Å². The fourth-order valence-electron chi connectivity index (χ4n) is 1.40. The third kappa shape index (κ3) is 3.94. The predicted molar refractivity (Wildman–Crippen MR) is 65.5 cm³/mol. The van der Waals surface area contributed by atoms with E-state index in [1.807, 2.05) is 6.92 Å². The molecule has 0 aromatic carbocycles. The Kier molecular flexibility index (Phi) is 4.10. The molecule has 92 valence electrons. The lowest BCUT2D eigenvalue weighted by Crippen LogP contribution is -2.44. The van der Waals surface area contributed by atoms with Crippen LogP contribution in [0.1, 0.15) is 34.1 Å². The van der Waals surface area contributed by atoms with Crippen molar-refractivity contribution in [2.24, 2.45) is 5.16 Å². The van der Waals surface area contributed by atoms with Crippen molar-refractivity contribution in [3.8, 4) is 0 Å². The van der Waals surface area contributed by atoms with Gasteiger partial charge in [-0.25, -0.2) is 0 Å². The van der Waals surface area contributed by atoms with Crippen LogP contribution in [-0.2, 0) is 4.84 Å². The molecule has 0 aromatic heterocycles. The average Bonchev–Trinajstić information content (AvgIpc) is 2.61. The number of nitrogens with one attached hydrogen (secondary N) is 1. The summed E-state index contributed by atoms with van der Waals surface area (Å²) in [4.78, 5) is 5.19. The number of aliphatic hydroxyl groups is 1. The summed E-state index contributed by atoms with van der Waals surface area (Å²) < 4.78 is 0. The van der Waals surface area contributed by atoms with Gasteiger partial charge in [-0.15, -0.1) is 0 Å². The first-order valence-electron chi connectivity index (χ1n) is 5.61. The molecule has 0 radical (unpaired) electrons. The van der Waals surface area contributed by atoms with Crippen LogP contribution in [0, 0.1) is 0 Å². The summed E-state index contributed by atoms with van der Waals surface area (Å²) in [6, 6.07) is 0. The molecule has 0 saturated carbocycles. The van der Waals surface area contributed by atoms with E-state index in [0.29, 0.717) is 13.0 Å². The second-order valence-electron chi connectivity index (χ2n) is 5.36. The minimum Gasteiger partial charge on any atom is -0.389 e. The van der Waals surface area contributed by atoms with Crippen LogP contribution < -0.4 is 5.32 Å². The summed E-state index contributed by atoms with van der Waals surface area (Å²) in [5, 5.41) is 17.1. The predicted octanol–water partition coefficient (Wildman–Crippen LogP) is 1.46. The Morgan fingerprint density at radius 3 is 2.75 bits per heavy atom. The summed E-state index contributed by atoms with van der Waals surface area (Å²) in [5.74, 6) is 0. The van der Waals surface area contributed by atoms with Crippen molar-refractivity contribution in [1.82, 2.24) is 5.32 Å². The quantitative estimate of drug-likeness (QED) is 0.763. The number of aliphatic hydroxyl groups excluding tert-OH is 1. The molecule has 4 nitrogen and oxygen atoms in total. The molecule has 0 aromatic rings. The number of β-amino-alcohol motifs (C(OH)–C–C–N with tert-alkyl or cyclic N) is 1. The number of hydrogen-bond acceptors (Lipinski definition) is 4. The van der Waals surface area contributed by atoms with Crippen molar-refractivity contribution >= 4 is 5.71 Å². The maximum Gasteiger partial charge on any atom is 0.160 e. The first kappa shape index (κ1) is 13.2. The Morgan fingerprint density at radius 2 is 2.31 bits per heavy atom. The SMILES string of the molecule is C=C(C)C1=NO[C@@H]([C@H](O)CNC(C)(C)C)C1. The normalized spacial score (nSPS) is 22.6. The zero-order chi connectivity index (χ0) is 12.3.